The first-order valence-electron chi connectivity index (χ1n) is 5.37. The molecule has 0 radical (unpaired) electrons. The first-order chi connectivity index (χ1) is 7.92. The van der Waals surface area contributed by atoms with Gasteiger partial charge in [-0.25, -0.2) is 9.67 Å². The van der Waals surface area contributed by atoms with Crippen LogP contribution in [0.25, 0.3) is 0 Å². The summed E-state index contributed by atoms with van der Waals surface area (Å²) in [4.78, 5) is 15.2. The number of carbonyl (C=O) groups excluding carboxylic acids is 1. The Morgan fingerprint density at radius 3 is 2.76 bits per heavy atom. The van der Waals surface area contributed by atoms with Gasteiger partial charge in [-0.05, 0) is 6.42 Å². The molecule has 0 amide bonds. The zero-order valence-electron chi connectivity index (χ0n) is 9.50. The van der Waals surface area contributed by atoms with Crippen LogP contribution in [0.1, 0.15) is 32.0 Å². The van der Waals surface area contributed by atoms with E-state index in [4.69, 9.17) is 0 Å². The molecule has 4 nitrogen and oxygen atoms in total. The fourth-order valence-corrected chi connectivity index (χ4v) is 1.37. The van der Waals surface area contributed by atoms with E-state index in [-0.39, 0.29) is 6.42 Å². The van der Waals surface area contributed by atoms with Crippen LogP contribution < -0.4 is 0 Å². The standard InChI is InChI=1S/C10H14F3N3O/c1-2-5-16-9(14-7-15-16)6-8(17)3-4-10(11,12)13/h7H,2-6H2,1H3. The second-order valence-corrected chi connectivity index (χ2v) is 3.73. The summed E-state index contributed by atoms with van der Waals surface area (Å²) in [5.74, 6) is -0.0355. The Bertz CT molecular complexity index is 373. The molecular weight excluding hydrogens is 235 g/mol. The molecule has 0 aliphatic heterocycles. The lowest BCUT2D eigenvalue weighted by Gasteiger charge is -2.06. The molecule has 96 valence electrons. The second-order valence-electron chi connectivity index (χ2n) is 3.73. The molecule has 1 aromatic heterocycles. The minimum Gasteiger partial charge on any atom is -0.299 e. The summed E-state index contributed by atoms with van der Waals surface area (Å²) < 4.78 is 37.3. The maximum Gasteiger partial charge on any atom is 0.389 e. The number of aromatic nitrogens is 3. The zero-order valence-corrected chi connectivity index (χ0v) is 9.50. The zero-order chi connectivity index (χ0) is 12.9. The summed E-state index contributed by atoms with van der Waals surface area (Å²) in [6.07, 6.45) is -3.81. The highest BCUT2D eigenvalue weighted by molar-refractivity contribution is 5.80. The summed E-state index contributed by atoms with van der Waals surface area (Å²) in [6.45, 7) is 2.55. The molecule has 17 heavy (non-hydrogen) atoms. The van der Waals surface area contributed by atoms with Gasteiger partial charge in [0.1, 0.15) is 17.9 Å². The normalized spacial score (nSPS) is 11.8. The summed E-state index contributed by atoms with van der Waals surface area (Å²) in [5, 5.41) is 3.90. The molecular formula is C10H14F3N3O. The maximum atomic E-state index is 11.9. The Labute approximate surface area is 96.8 Å². The minimum absolute atomic E-state index is 0.0872. The van der Waals surface area contributed by atoms with Gasteiger partial charge in [0.25, 0.3) is 0 Å². The van der Waals surface area contributed by atoms with Gasteiger partial charge in [0.15, 0.2) is 0 Å². The molecule has 1 aromatic rings. The summed E-state index contributed by atoms with van der Waals surface area (Å²) >= 11 is 0. The van der Waals surface area contributed by atoms with Gasteiger partial charge < -0.3 is 0 Å². The van der Waals surface area contributed by atoms with Gasteiger partial charge in [0, 0.05) is 13.0 Å². The van der Waals surface area contributed by atoms with Crippen LogP contribution in [0.4, 0.5) is 13.2 Å². The highest BCUT2D eigenvalue weighted by atomic mass is 19.4. The molecule has 1 rings (SSSR count). The van der Waals surface area contributed by atoms with E-state index in [0.717, 1.165) is 6.42 Å². The minimum atomic E-state index is -4.28. The van der Waals surface area contributed by atoms with Crippen molar-refractivity contribution in [2.45, 2.75) is 45.3 Å². The first kappa shape index (κ1) is 13.7. The second kappa shape index (κ2) is 5.79. The maximum absolute atomic E-state index is 11.9. The Morgan fingerprint density at radius 1 is 1.47 bits per heavy atom. The third kappa shape index (κ3) is 4.97. The number of Topliss-reactive ketones (excluding diaryl/α,β-unsaturated/α-hetero) is 1. The fraction of sp³-hybridized carbons (Fsp3) is 0.700. The van der Waals surface area contributed by atoms with Crippen molar-refractivity contribution >= 4 is 5.78 Å². The van der Waals surface area contributed by atoms with Crippen molar-refractivity contribution in [1.82, 2.24) is 14.8 Å². The number of carbonyl (C=O) groups is 1. The number of aryl methyl sites for hydroxylation is 1. The quantitative estimate of drug-likeness (QED) is 0.776. The lowest BCUT2D eigenvalue weighted by Crippen LogP contribution is -2.15. The van der Waals surface area contributed by atoms with Crippen molar-refractivity contribution in [3.05, 3.63) is 12.2 Å². The van der Waals surface area contributed by atoms with E-state index in [1.54, 1.807) is 4.68 Å². The van der Waals surface area contributed by atoms with Gasteiger partial charge in [0.2, 0.25) is 0 Å². The average molecular weight is 249 g/mol. The summed E-state index contributed by atoms with van der Waals surface area (Å²) in [7, 11) is 0. The van der Waals surface area contributed by atoms with Gasteiger partial charge >= 0.3 is 6.18 Å². The smallest absolute Gasteiger partial charge is 0.299 e. The van der Waals surface area contributed by atoms with E-state index in [0.29, 0.717) is 12.4 Å². The first-order valence-corrected chi connectivity index (χ1v) is 5.37. The highest BCUT2D eigenvalue weighted by Crippen LogP contribution is 2.21. The van der Waals surface area contributed by atoms with Crippen molar-refractivity contribution in [3.63, 3.8) is 0 Å². The molecule has 0 aromatic carbocycles. The predicted molar refractivity (Wildman–Crippen MR) is 54.3 cm³/mol. The molecule has 0 aliphatic rings. The van der Waals surface area contributed by atoms with E-state index in [9.17, 15) is 18.0 Å². The van der Waals surface area contributed by atoms with Crippen molar-refractivity contribution in [2.75, 3.05) is 0 Å². The third-order valence-corrected chi connectivity index (χ3v) is 2.17. The average Bonchev–Trinajstić information content (AvgIpc) is 2.63. The van der Waals surface area contributed by atoms with Gasteiger partial charge in [-0.15, -0.1) is 0 Å². The van der Waals surface area contributed by atoms with Gasteiger partial charge in [-0.3, -0.25) is 4.79 Å². The van der Waals surface area contributed by atoms with Crippen LogP contribution >= 0.6 is 0 Å². The Kier molecular flexibility index (Phi) is 4.65. The third-order valence-electron chi connectivity index (χ3n) is 2.17. The molecule has 1 heterocycles. The lowest BCUT2D eigenvalue weighted by molar-refractivity contribution is -0.143. The summed E-state index contributed by atoms with van der Waals surface area (Å²) in [6, 6.07) is 0. The van der Waals surface area contributed by atoms with Crippen molar-refractivity contribution in [1.29, 1.82) is 0 Å². The Balaban J connectivity index is 2.47. The number of nitrogens with zero attached hydrogens (tertiary/aromatic N) is 3. The predicted octanol–water partition coefficient (Wildman–Crippen LogP) is 2.14. The van der Waals surface area contributed by atoms with Gasteiger partial charge in [0.05, 0.1) is 12.8 Å². The molecule has 0 saturated heterocycles. The Morgan fingerprint density at radius 2 is 2.18 bits per heavy atom. The SMILES string of the molecule is CCCn1ncnc1CC(=O)CCC(F)(F)F. The molecule has 7 heteroatoms. The molecule has 0 spiro atoms. The van der Waals surface area contributed by atoms with Crippen LogP contribution in [0, 0.1) is 0 Å². The molecule has 0 aliphatic carbocycles. The summed E-state index contributed by atoms with van der Waals surface area (Å²) in [5.41, 5.74) is 0. The van der Waals surface area contributed by atoms with Crippen LogP contribution in [0.3, 0.4) is 0 Å². The van der Waals surface area contributed by atoms with Crippen LogP contribution in [-0.2, 0) is 17.8 Å². The van der Waals surface area contributed by atoms with Crippen molar-refractivity contribution in [3.8, 4) is 0 Å². The molecule has 0 bridgehead atoms. The van der Waals surface area contributed by atoms with Crippen LogP contribution in [0.2, 0.25) is 0 Å². The highest BCUT2D eigenvalue weighted by Gasteiger charge is 2.28. The molecule has 0 fully saturated rings. The van der Waals surface area contributed by atoms with E-state index < -0.39 is 24.8 Å². The van der Waals surface area contributed by atoms with E-state index in [1.165, 1.54) is 6.33 Å². The van der Waals surface area contributed by atoms with Crippen molar-refractivity contribution in [2.24, 2.45) is 0 Å². The van der Waals surface area contributed by atoms with Crippen LogP contribution in [-0.4, -0.2) is 26.7 Å². The number of alkyl halides is 3. The largest absolute Gasteiger partial charge is 0.389 e. The molecule has 0 atom stereocenters. The number of halogens is 3. The van der Waals surface area contributed by atoms with Crippen LogP contribution in [0.5, 0.6) is 0 Å². The molecule has 0 unspecified atom stereocenters. The van der Waals surface area contributed by atoms with E-state index in [1.807, 2.05) is 6.92 Å². The fourth-order valence-electron chi connectivity index (χ4n) is 1.37. The number of ketones is 1. The van der Waals surface area contributed by atoms with Crippen molar-refractivity contribution < 1.29 is 18.0 Å². The monoisotopic (exact) mass is 249 g/mol. The van der Waals surface area contributed by atoms with Gasteiger partial charge in [-0.1, -0.05) is 6.92 Å². The molecule has 0 N–H and O–H groups in total. The number of hydrogen-bond donors (Lipinski definition) is 0. The topological polar surface area (TPSA) is 47.8 Å². The van der Waals surface area contributed by atoms with E-state index in [2.05, 4.69) is 10.1 Å². The Hall–Kier alpha value is -1.40. The number of rotatable bonds is 6. The lowest BCUT2D eigenvalue weighted by atomic mass is 10.1. The van der Waals surface area contributed by atoms with Gasteiger partial charge in [-0.2, -0.15) is 18.3 Å². The number of hydrogen-bond acceptors (Lipinski definition) is 3. The van der Waals surface area contributed by atoms with Crippen LogP contribution in [0.15, 0.2) is 6.33 Å². The molecule has 0 saturated carbocycles. The van der Waals surface area contributed by atoms with E-state index >= 15 is 0 Å².